The van der Waals surface area contributed by atoms with Crippen LogP contribution in [0.1, 0.15) is 51.4 Å². The van der Waals surface area contributed by atoms with Gasteiger partial charge in [0.25, 0.3) is 0 Å². The second kappa shape index (κ2) is 5.83. The van der Waals surface area contributed by atoms with Crippen LogP contribution < -0.4 is 11.1 Å². The lowest BCUT2D eigenvalue weighted by atomic mass is 9.89. The van der Waals surface area contributed by atoms with Crippen LogP contribution in [0.2, 0.25) is 0 Å². The predicted octanol–water partition coefficient (Wildman–Crippen LogP) is 1.33. The zero-order valence-corrected chi connectivity index (χ0v) is 10.5. The number of rotatable bonds is 3. The molecule has 0 aromatic heterocycles. The lowest BCUT2D eigenvalue weighted by Crippen LogP contribution is -2.62. The molecule has 0 radical (unpaired) electrons. The second-order valence-corrected chi connectivity index (χ2v) is 5.44. The van der Waals surface area contributed by atoms with Gasteiger partial charge in [0.2, 0.25) is 5.91 Å². The molecule has 0 spiro atoms. The molecule has 2 aliphatic rings. The molecule has 1 atom stereocenters. The third kappa shape index (κ3) is 3.19. The Balaban J connectivity index is 1.98. The lowest BCUT2D eigenvalue weighted by molar-refractivity contribution is -0.130. The Bertz CT molecular complexity index is 254. The molecule has 0 bridgehead atoms. The molecule has 1 heterocycles. The topological polar surface area (TPSA) is 64.4 Å². The fraction of sp³-hybridized carbons (Fsp3) is 0.923. The van der Waals surface area contributed by atoms with Crippen molar-refractivity contribution in [2.45, 2.75) is 62.9 Å². The molecule has 1 amide bonds. The van der Waals surface area contributed by atoms with Gasteiger partial charge in [0.05, 0.1) is 6.61 Å². The Kier molecular flexibility index (Phi) is 4.40. The Morgan fingerprint density at radius 3 is 2.41 bits per heavy atom. The van der Waals surface area contributed by atoms with Crippen molar-refractivity contribution in [3.05, 3.63) is 0 Å². The highest BCUT2D eigenvalue weighted by Crippen LogP contribution is 2.24. The van der Waals surface area contributed by atoms with Gasteiger partial charge in [-0.15, -0.1) is 0 Å². The van der Waals surface area contributed by atoms with Crippen LogP contribution in [0.4, 0.5) is 0 Å². The van der Waals surface area contributed by atoms with Crippen molar-refractivity contribution >= 4 is 5.91 Å². The smallest absolute Gasteiger partial charge is 0.240 e. The molecule has 0 aromatic rings. The van der Waals surface area contributed by atoms with Crippen molar-refractivity contribution in [1.29, 1.82) is 0 Å². The Labute approximate surface area is 103 Å². The summed E-state index contributed by atoms with van der Waals surface area (Å²) in [5, 5.41) is 3.51. The number of primary amides is 1. The molecule has 4 heteroatoms. The van der Waals surface area contributed by atoms with Crippen LogP contribution in [-0.4, -0.2) is 30.7 Å². The third-order valence-electron chi connectivity index (χ3n) is 4.05. The highest BCUT2D eigenvalue weighted by Gasteiger charge is 2.40. The van der Waals surface area contributed by atoms with Gasteiger partial charge in [0.15, 0.2) is 0 Å². The first-order chi connectivity index (χ1) is 8.23. The molecule has 1 unspecified atom stereocenters. The van der Waals surface area contributed by atoms with Gasteiger partial charge < -0.3 is 10.5 Å². The quantitative estimate of drug-likeness (QED) is 0.732. The van der Waals surface area contributed by atoms with Gasteiger partial charge in [-0.05, 0) is 25.7 Å². The average Bonchev–Trinajstić information content (AvgIpc) is 2.59. The van der Waals surface area contributed by atoms with Crippen LogP contribution in [0.3, 0.4) is 0 Å². The molecule has 3 N–H and O–H groups in total. The molecule has 4 nitrogen and oxygen atoms in total. The first-order valence-corrected chi connectivity index (χ1v) is 6.88. The molecule has 1 aliphatic carbocycles. The van der Waals surface area contributed by atoms with E-state index in [-0.39, 0.29) is 5.91 Å². The summed E-state index contributed by atoms with van der Waals surface area (Å²) < 4.78 is 5.46. The highest BCUT2D eigenvalue weighted by molar-refractivity contribution is 5.85. The summed E-state index contributed by atoms with van der Waals surface area (Å²) in [6.07, 6.45) is 9.21. The van der Waals surface area contributed by atoms with Crippen molar-refractivity contribution < 1.29 is 9.53 Å². The Morgan fingerprint density at radius 2 is 1.88 bits per heavy atom. The summed E-state index contributed by atoms with van der Waals surface area (Å²) in [4.78, 5) is 11.7. The summed E-state index contributed by atoms with van der Waals surface area (Å²) in [5.41, 5.74) is 4.97. The van der Waals surface area contributed by atoms with E-state index in [1.54, 1.807) is 0 Å². The van der Waals surface area contributed by atoms with E-state index in [0.29, 0.717) is 12.6 Å². The van der Waals surface area contributed by atoms with Gasteiger partial charge in [0, 0.05) is 12.6 Å². The van der Waals surface area contributed by atoms with E-state index in [2.05, 4.69) is 5.32 Å². The molecular formula is C13H24N2O2. The number of amides is 1. The monoisotopic (exact) mass is 240 g/mol. The van der Waals surface area contributed by atoms with Crippen LogP contribution in [0.5, 0.6) is 0 Å². The van der Waals surface area contributed by atoms with Gasteiger partial charge in [-0.25, -0.2) is 0 Å². The lowest BCUT2D eigenvalue weighted by Gasteiger charge is -2.38. The largest absolute Gasteiger partial charge is 0.379 e. The second-order valence-electron chi connectivity index (χ2n) is 5.44. The van der Waals surface area contributed by atoms with Crippen molar-refractivity contribution in [2.75, 3.05) is 13.2 Å². The number of carbonyl (C=O) groups excluding carboxylic acids is 1. The van der Waals surface area contributed by atoms with E-state index in [1.165, 1.54) is 25.7 Å². The van der Waals surface area contributed by atoms with E-state index < -0.39 is 5.54 Å². The molecule has 1 saturated heterocycles. The first kappa shape index (κ1) is 12.8. The van der Waals surface area contributed by atoms with Crippen molar-refractivity contribution in [1.82, 2.24) is 5.32 Å². The van der Waals surface area contributed by atoms with E-state index >= 15 is 0 Å². The summed E-state index contributed by atoms with van der Waals surface area (Å²) >= 11 is 0. The molecule has 2 rings (SSSR count). The molecule has 98 valence electrons. The minimum atomic E-state index is -0.604. The molecule has 1 aliphatic heterocycles. The van der Waals surface area contributed by atoms with Gasteiger partial charge in [-0.2, -0.15) is 0 Å². The van der Waals surface area contributed by atoms with Crippen molar-refractivity contribution in [3.63, 3.8) is 0 Å². The maximum Gasteiger partial charge on any atom is 0.240 e. The van der Waals surface area contributed by atoms with E-state index in [0.717, 1.165) is 32.3 Å². The molecule has 17 heavy (non-hydrogen) atoms. The predicted molar refractivity (Wildman–Crippen MR) is 66.6 cm³/mol. The maximum atomic E-state index is 11.7. The van der Waals surface area contributed by atoms with Crippen LogP contribution in [0.25, 0.3) is 0 Å². The zero-order valence-electron chi connectivity index (χ0n) is 10.5. The van der Waals surface area contributed by atoms with Crippen molar-refractivity contribution in [2.24, 2.45) is 5.73 Å². The molecule has 0 aromatic carbocycles. The summed E-state index contributed by atoms with van der Waals surface area (Å²) in [6.45, 7) is 1.19. The fourth-order valence-corrected chi connectivity index (χ4v) is 2.99. The highest BCUT2D eigenvalue weighted by atomic mass is 16.5. The number of carbonyl (C=O) groups is 1. The first-order valence-electron chi connectivity index (χ1n) is 6.88. The van der Waals surface area contributed by atoms with Crippen LogP contribution in [0.15, 0.2) is 0 Å². The summed E-state index contributed by atoms with van der Waals surface area (Å²) in [5.74, 6) is -0.249. The number of nitrogens with one attached hydrogen (secondary N) is 1. The fourth-order valence-electron chi connectivity index (χ4n) is 2.99. The van der Waals surface area contributed by atoms with Gasteiger partial charge in [-0.1, -0.05) is 25.7 Å². The SMILES string of the molecule is NC(=O)C1(NC2CCCCCC2)CCCOC1. The minimum absolute atomic E-state index is 0.249. The number of nitrogens with two attached hydrogens (primary N) is 1. The number of hydrogen-bond donors (Lipinski definition) is 2. The zero-order chi connectivity index (χ0) is 12.1. The normalized spacial score (nSPS) is 32.0. The molecular weight excluding hydrogens is 216 g/mol. The van der Waals surface area contributed by atoms with Crippen LogP contribution in [-0.2, 0) is 9.53 Å². The van der Waals surface area contributed by atoms with Crippen LogP contribution in [0, 0.1) is 0 Å². The van der Waals surface area contributed by atoms with E-state index in [9.17, 15) is 4.79 Å². The molecule has 1 saturated carbocycles. The third-order valence-corrected chi connectivity index (χ3v) is 4.05. The van der Waals surface area contributed by atoms with E-state index in [1.807, 2.05) is 0 Å². The van der Waals surface area contributed by atoms with Gasteiger partial charge in [-0.3, -0.25) is 10.1 Å². The summed E-state index contributed by atoms with van der Waals surface area (Å²) in [6, 6.07) is 0.437. The van der Waals surface area contributed by atoms with Gasteiger partial charge in [0.1, 0.15) is 5.54 Å². The minimum Gasteiger partial charge on any atom is -0.379 e. The summed E-state index contributed by atoms with van der Waals surface area (Å²) in [7, 11) is 0. The van der Waals surface area contributed by atoms with Crippen molar-refractivity contribution in [3.8, 4) is 0 Å². The van der Waals surface area contributed by atoms with Gasteiger partial charge >= 0.3 is 0 Å². The number of hydrogen-bond acceptors (Lipinski definition) is 3. The van der Waals surface area contributed by atoms with Crippen LogP contribution >= 0.6 is 0 Å². The number of ether oxygens (including phenoxy) is 1. The maximum absolute atomic E-state index is 11.7. The Morgan fingerprint density at radius 1 is 1.18 bits per heavy atom. The standard InChI is InChI=1S/C13H24N2O2/c14-12(16)13(8-5-9-17-10-13)15-11-6-3-1-2-4-7-11/h11,15H,1-10H2,(H2,14,16). The molecule has 2 fully saturated rings. The Hall–Kier alpha value is -0.610. The average molecular weight is 240 g/mol. The van der Waals surface area contributed by atoms with E-state index in [4.69, 9.17) is 10.5 Å².